The second-order valence-corrected chi connectivity index (χ2v) is 5.33. The number of carbonyl (C=O) groups excluding carboxylic acids is 1. The summed E-state index contributed by atoms with van der Waals surface area (Å²) in [4.78, 5) is 12.0. The molecule has 0 heterocycles. The number of methoxy groups -OCH3 is 2. The molecule has 0 aliphatic rings. The van der Waals surface area contributed by atoms with E-state index >= 15 is 0 Å². The van der Waals surface area contributed by atoms with Crippen LogP contribution >= 0.6 is 15.9 Å². The van der Waals surface area contributed by atoms with Crippen molar-refractivity contribution in [2.75, 3.05) is 14.2 Å². The number of nitrogens with one attached hydrogen (secondary N) is 1. The van der Waals surface area contributed by atoms with Crippen LogP contribution in [0.15, 0.2) is 46.9 Å². The van der Waals surface area contributed by atoms with Crippen LogP contribution in [0.4, 0.5) is 0 Å². The van der Waals surface area contributed by atoms with Crippen LogP contribution in [0.1, 0.15) is 15.9 Å². The summed E-state index contributed by atoms with van der Waals surface area (Å²) >= 11 is 3.34. The standard InChI is InChI=1S/C16H16BrNO3/c1-20-14-7-11(8-15(9-14)21-2)10-18-16(19)12-3-5-13(17)6-4-12/h3-9H,10H2,1-2H3,(H,18,19). The molecule has 110 valence electrons. The zero-order valence-electron chi connectivity index (χ0n) is 11.9. The number of carbonyl (C=O) groups is 1. The Balaban J connectivity index is 2.05. The lowest BCUT2D eigenvalue weighted by atomic mass is 10.1. The molecule has 1 N–H and O–H groups in total. The molecule has 0 atom stereocenters. The minimum Gasteiger partial charge on any atom is -0.497 e. The minimum absolute atomic E-state index is 0.121. The molecule has 5 heteroatoms. The van der Waals surface area contributed by atoms with E-state index in [2.05, 4.69) is 21.2 Å². The molecule has 0 radical (unpaired) electrons. The van der Waals surface area contributed by atoms with Crippen LogP contribution in [0.25, 0.3) is 0 Å². The van der Waals surface area contributed by atoms with Gasteiger partial charge in [0.2, 0.25) is 0 Å². The van der Waals surface area contributed by atoms with Crippen LogP contribution < -0.4 is 14.8 Å². The number of hydrogen-bond acceptors (Lipinski definition) is 3. The highest BCUT2D eigenvalue weighted by Crippen LogP contribution is 2.22. The topological polar surface area (TPSA) is 47.6 Å². The van der Waals surface area contributed by atoms with E-state index < -0.39 is 0 Å². The van der Waals surface area contributed by atoms with E-state index in [1.165, 1.54) is 0 Å². The van der Waals surface area contributed by atoms with E-state index in [1.807, 2.05) is 24.3 Å². The maximum absolute atomic E-state index is 12.0. The Morgan fingerprint density at radius 2 is 1.62 bits per heavy atom. The molecule has 0 aliphatic heterocycles. The van der Waals surface area contributed by atoms with Gasteiger partial charge in [0.15, 0.2) is 0 Å². The van der Waals surface area contributed by atoms with Gasteiger partial charge in [0.05, 0.1) is 14.2 Å². The van der Waals surface area contributed by atoms with Gasteiger partial charge in [0.1, 0.15) is 11.5 Å². The summed E-state index contributed by atoms with van der Waals surface area (Å²) in [7, 11) is 3.19. The first kappa shape index (κ1) is 15.4. The van der Waals surface area contributed by atoms with Crippen molar-refractivity contribution in [3.05, 3.63) is 58.1 Å². The molecule has 2 rings (SSSR count). The fourth-order valence-corrected chi connectivity index (χ4v) is 2.12. The van der Waals surface area contributed by atoms with Crippen molar-refractivity contribution >= 4 is 21.8 Å². The second-order valence-electron chi connectivity index (χ2n) is 4.41. The van der Waals surface area contributed by atoms with Gasteiger partial charge in [-0.05, 0) is 42.0 Å². The number of rotatable bonds is 5. The fraction of sp³-hybridized carbons (Fsp3) is 0.188. The molecule has 2 aromatic rings. The molecule has 1 amide bonds. The molecule has 4 nitrogen and oxygen atoms in total. The summed E-state index contributed by atoms with van der Waals surface area (Å²) in [5.41, 5.74) is 1.53. The highest BCUT2D eigenvalue weighted by Gasteiger charge is 2.07. The van der Waals surface area contributed by atoms with Gasteiger partial charge in [-0.3, -0.25) is 4.79 Å². The van der Waals surface area contributed by atoms with Crippen molar-refractivity contribution < 1.29 is 14.3 Å². The molecule has 0 aromatic heterocycles. The van der Waals surface area contributed by atoms with E-state index in [0.29, 0.717) is 23.6 Å². The molecule has 0 saturated heterocycles. The highest BCUT2D eigenvalue weighted by molar-refractivity contribution is 9.10. The van der Waals surface area contributed by atoms with Gasteiger partial charge in [-0.15, -0.1) is 0 Å². The summed E-state index contributed by atoms with van der Waals surface area (Å²) in [5, 5.41) is 2.87. The fourth-order valence-electron chi connectivity index (χ4n) is 1.85. The smallest absolute Gasteiger partial charge is 0.251 e. The molecular formula is C16H16BrNO3. The molecule has 0 fully saturated rings. The van der Waals surface area contributed by atoms with Crippen LogP contribution in [0, 0.1) is 0 Å². The highest BCUT2D eigenvalue weighted by atomic mass is 79.9. The summed E-state index contributed by atoms with van der Waals surface area (Å²) in [6.45, 7) is 0.405. The third kappa shape index (κ3) is 4.23. The first-order chi connectivity index (χ1) is 10.1. The summed E-state index contributed by atoms with van der Waals surface area (Å²) in [6, 6.07) is 12.7. The monoisotopic (exact) mass is 349 g/mol. The Kier molecular flexibility index (Phi) is 5.22. The average molecular weight is 350 g/mol. The van der Waals surface area contributed by atoms with Crippen LogP contribution in [0.2, 0.25) is 0 Å². The predicted molar refractivity (Wildman–Crippen MR) is 84.9 cm³/mol. The van der Waals surface area contributed by atoms with Gasteiger partial charge >= 0.3 is 0 Å². The molecule has 2 aromatic carbocycles. The van der Waals surface area contributed by atoms with Crippen molar-refractivity contribution in [3.8, 4) is 11.5 Å². The minimum atomic E-state index is -0.121. The van der Waals surface area contributed by atoms with Crippen LogP contribution in [-0.4, -0.2) is 20.1 Å². The Morgan fingerprint density at radius 1 is 1.05 bits per heavy atom. The SMILES string of the molecule is COc1cc(CNC(=O)c2ccc(Br)cc2)cc(OC)c1. The Bertz CT molecular complexity index is 604. The molecule has 21 heavy (non-hydrogen) atoms. The predicted octanol–water partition coefficient (Wildman–Crippen LogP) is 3.40. The maximum atomic E-state index is 12.0. The molecule has 0 saturated carbocycles. The molecule has 0 aliphatic carbocycles. The van der Waals surface area contributed by atoms with E-state index in [4.69, 9.17) is 9.47 Å². The van der Waals surface area contributed by atoms with E-state index in [0.717, 1.165) is 10.0 Å². The van der Waals surface area contributed by atoms with Gasteiger partial charge in [0.25, 0.3) is 5.91 Å². The quantitative estimate of drug-likeness (QED) is 0.899. The second kappa shape index (κ2) is 7.13. The van der Waals surface area contributed by atoms with Crippen LogP contribution in [0.3, 0.4) is 0 Å². The Morgan fingerprint density at radius 3 is 2.14 bits per heavy atom. The normalized spacial score (nSPS) is 10.0. The van der Waals surface area contributed by atoms with Gasteiger partial charge in [-0.2, -0.15) is 0 Å². The first-order valence-corrected chi connectivity index (χ1v) is 7.17. The van der Waals surface area contributed by atoms with E-state index in [1.54, 1.807) is 32.4 Å². The molecular weight excluding hydrogens is 334 g/mol. The van der Waals surface area contributed by atoms with Crippen molar-refractivity contribution in [2.45, 2.75) is 6.54 Å². The number of hydrogen-bond donors (Lipinski definition) is 1. The van der Waals surface area contributed by atoms with Crippen molar-refractivity contribution in [2.24, 2.45) is 0 Å². The third-order valence-electron chi connectivity index (χ3n) is 2.97. The average Bonchev–Trinajstić information content (AvgIpc) is 2.52. The van der Waals surface area contributed by atoms with Gasteiger partial charge in [-0.1, -0.05) is 15.9 Å². The Labute approximate surface area is 132 Å². The van der Waals surface area contributed by atoms with Crippen molar-refractivity contribution in [1.29, 1.82) is 0 Å². The molecule has 0 spiro atoms. The lowest BCUT2D eigenvalue weighted by molar-refractivity contribution is 0.0951. The number of amides is 1. The Hall–Kier alpha value is -2.01. The van der Waals surface area contributed by atoms with Crippen molar-refractivity contribution in [1.82, 2.24) is 5.32 Å². The van der Waals surface area contributed by atoms with Crippen LogP contribution in [0.5, 0.6) is 11.5 Å². The zero-order valence-corrected chi connectivity index (χ0v) is 13.4. The lowest BCUT2D eigenvalue weighted by Gasteiger charge is -2.09. The van der Waals surface area contributed by atoms with Crippen LogP contribution in [-0.2, 0) is 6.54 Å². The third-order valence-corrected chi connectivity index (χ3v) is 3.50. The maximum Gasteiger partial charge on any atom is 0.251 e. The largest absolute Gasteiger partial charge is 0.497 e. The molecule has 0 bridgehead atoms. The van der Waals surface area contributed by atoms with Gasteiger partial charge in [0, 0.05) is 22.6 Å². The number of benzene rings is 2. The van der Waals surface area contributed by atoms with Gasteiger partial charge < -0.3 is 14.8 Å². The number of halogens is 1. The lowest BCUT2D eigenvalue weighted by Crippen LogP contribution is -2.22. The summed E-state index contributed by atoms with van der Waals surface area (Å²) in [5.74, 6) is 1.27. The van der Waals surface area contributed by atoms with Gasteiger partial charge in [-0.25, -0.2) is 0 Å². The van der Waals surface area contributed by atoms with Crippen molar-refractivity contribution in [3.63, 3.8) is 0 Å². The first-order valence-electron chi connectivity index (χ1n) is 6.38. The summed E-state index contributed by atoms with van der Waals surface area (Å²) < 4.78 is 11.3. The summed E-state index contributed by atoms with van der Waals surface area (Å²) in [6.07, 6.45) is 0. The van der Waals surface area contributed by atoms with E-state index in [-0.39, 0.29) is 5.91 Å². The number of ether oxygens (including phenoxy) is 2. The van der Waals surface area contributed by atoms with E-state index in [9.17, 15) is 4.79 Å². The molecule has 0 unspecified atom stereocenters. The zero-order chi connectivity index (χ0) is 15.2.